The molecule has 1 fully saturated rings. The predicted octanol–water partition coefficient (Wildman–Crippen LogP) is 1.16. The van der Waals surface area contributed by atoms with E-state index >= 15 is 0 Å². The Morgan fingerprint density at radius 3 is 2.29 bits per heavy atom. The molecule has 0 aromatic heterocycles. The maximum absolute atomic E-state index is 9.79. The fourth-order valence-electron chi connectivity index (χ4n) is 1.62. The third-order valence-electron chi connectivity index (χ3n) is 2.75. The zero-order valence-electron chi connectivity index (χ0n) is 7.93. The van der Waals surface area contributed by atoms with E-state index in [-0.39, 0.29) is 11.8 Å². The molecule has 1 aromatic carbocycles. The summed E-state index contributed by atoms with van der Waals surface area (Å²) < 4.78 is 0. The predicted molar refractivity (Wildman–Crippen MR) is 53.8 cm³/mol. The van der Waals surface area contributed by atoms with Crippen LogP contribution in [0.15, 0.2) is 24.3 Å². The Balaban J connectivity index is 2.09. The summed E-state index contributed by atoms with van der Waals surface area (Å²) in [5.41, 5.74) is 6.77. The Kier molecular flexibility index (Phi) is 2.44. The Hall–Kier alpha value is -1.06. The lowest BCUT2D eigenvalue weighted by Crippen LogP contribution is -2.27. The van der Waals surface area contributed by atoms with E-state index < -0.39 is 6.10 Å². The number of rotatable bonds is 3. The second-order valence-electron chi connectivity index (χ2n) is 3.95. The van der Waals surface area contributed by atoms with E-state index in [1.165, 1.54) is 0 Å². The highest BCUT2D eigenvalue weighted by Gasteiger charge is 2.34. The van der Waals surface area contributed by atoms with Crippen molar-refractivity contribution in [3.8, 4) is 5.75 Å². The number of nitrogens with two attached hydrogens (primary N) is 1. The van der Waals surface area contributed by atoms with Crippen LogP contribution in [0.5, 0.6) is 5.75 Å². The number of aromatic hydroxyl groups is 1. The minimum absolute atomic E-state index is 0.224. The van der Waals surface area contributed by atoms with Gasteiger partial charge in [-0.2, -0.15) is 0 Å². The van der Waals surface area contributed by atoms with E-state index in [4.69, 9.17) is 10.8 Å². The quantitative estimate of drug-likeness (QED) is 0.675. The SMILES string of the molecule is N[C@H](c1ccc(O)cc1)[C@@H](O)C1CC1. The van der Waals surface area contributed by atoms with E-state index in [9.17, 15) is 5.11 Å². The molecule has 14 heavy (non-hydrogen) atoms. The molecule has 4 N–H and O–H groups in total. The minimum atomic E-state index is -0.445. The molecule has 76 valence electrons. The number of phenols is 1. The average Bonchev–Trinajstić information content (AvgIpc) is 3.00. The molecule has 1 aromatic rings. The van der Waals surface area contributed by atoms with E-state index in [0.717, 1.165) is 18.4 Å². The van der Waals surface area contributed by atoms with Gasteiger partial charge >= 0.3 is 0 Å². The van der Waals surface area contributed by atoms with Crippen molar-refractivity contribution in [2.75, 3.05) is 0 Å². The van der Waals surface area contributed by atoms with Crippen LogP contribution in [-0.4, -0.2) is 16.3 Å². The molecule has 0 spiro atoms. The third-order valence-corrected chi connectivity index (χ3v) is 2.75. The molecule has 2 atom stereocenters. The Morgan fingerprint density at radius 1 is 1.21 bits per heavy atom. The van der Waals surface area contributed by atoms with Gasteiger partial charge in [0.1, 0.15) is 5.75 Å². The monoisotopic (exact) mass is 193 g/mol. The number of hydrogen-bond donors (Lipinski definition) is 3. The maximum atomic E-state index is 9.79. The lowest BCUT2D eigenvalue weighted by atomic mass is 9.99. The van der Waals surface area contributed by atoms with Gasteiger partial charge in [-0.05, 0) is 36.5 Å². The van der Waals surface area contributed by atoms with Crippen LogP contribution in [0, 0.1) is 5.92 Å². The lowest BCUT2D eigenvalue weighted by Gasteiger charge is -2.18. The Bertz CT molecular complexity index is 306. The summed E-state index contributed by atoms with van der Waals surface area (Å²) in [5, 5.41) is 18.9. The van der Waals surface area contributed by atoms with E-state index in [1.54, 1.807) is 24.3 Å². The molecule has 1 aliphatic rings. The summed E-state index contributed by atoms with van der Waals surface area (Å²) in [5.74, 6) is 0.598. The number of benzene rings is 1. The molecule has 1 saturated carbocycles. The molecule has 3 heteroatoms. The van der Waals surface area contributed by atoms with Crippen molar-refractivity contribution in [1.29, 1.82) is 0 Å². The van der Waals surface area contributed by atoms with Crippen LogP contribution >= 0.6 is 0 Å². The number of aliphatic hydroxyl groups is 1. The highest BCUT2D eigenvalue weighted by atomic mass is 16.3. The molecule has 0 bridgehead atoms. The van der Waals surface area contributed by atoms with Crippen LogP contribution in [0.4, 0.5) is 0 Å². The zero-order chi connectivity index (χ0) is 10.1. The molecule has 3 nitrogen and oxygen atoms in total. The van der Waals surface area contributed by atoms with Gasteiger partial charge in [0.15, 0.2) is 0 Å². The van der Waals surface area contributed by atoms with Crippen molar-refractivity contribution in [3.05, 3.63) is 29.8 Å². The van der Waals surface area contributed by atoms with Crippen molar-refractivity contribution >= 4 is 0 Å². The van der Waals surface area contributed by atoms with Crippen LogP contribution in [-0.2, 0) is 0 Å². The molecule has 1 aliphatic carbocycles. The summed E-state index contributed by atoms with van der Waals surface area (Å²) in [4.78, 5) is 0. The summed E-state index contributed by atoms with van der Waals surface area (Å²) in [7, 11) is 0. The van der Waals surface area contributed by atoms with Gasteiger partial charge in [0.05, 0.1) is 12.1 Å². The van der Waals surface area contributed by atoms with Gasteiger partial charge < -0.3 is 15.9 Å². The van der Waals surface area contributed by atoms with Crippen molar-refractivity contribution in [2.24, 2.45) is 11.7 Å². The molecule has 0 amide bonds. The first kappa shape index (κ1) is 9.49. The van der Waals surface area contributed by atoms with Crippen LogP contribution < -0.4 is 5.73 Å². The van der Waals surface area contributed by atoms with Crippen LogP contribution in [0.1, 0.15) is 24.4 Å². The van der Waals surface area contributed by atoms with Gasteiger partial charge in [-0.1, -0.05) is 12.1 Å². The average molecular weight is 193 g/mol. The van der Waals surface area contributed by atoms with Gasteiger partial charge in [0.25, 0.3) is 0 Å². The van der Waals surface area contributed by atoms with Gasteiger partial charge in [-0.15, -0.1) is 0 Å². The highest BCUT2D eigenvalue weighted by Crippen LogP contribution is 2.37. The van der Waals surface area contributed by atoms with Crippen molar-refractivity contribution in [1.82, 2.24) is 0 Å². The molecule has 0 aliphatic heterocycles. The summed E-state index contributed by atoms with van der Waals surface area (Å²) >= 11 is 0. The number of phenolic OH excluding ortho intramolecular Hbond substituents is 1. The first-order valence-electron chi connectivity index (χ1n) is 4.91. The normalized spacial score (nSPS) is 20.4. The number of hydrogen-bond acceptors (Lipinski definition) is 3. The minimum Gasteiger partial charge on any atom is -0.508 e. The van der Waals surface area contributed by atoms with Crippen LogP contribution in [0.3, 0.4) is 0 Å². The van der Waals surface area contributed by atoms with Gasteiger partial charge in [0, 0.05) is 0 Å². The molecule has 0 radical (unpaired) electrons. The highest BCUT2D eigenvalue weighted by molar-refractivity contribution is 5.28. The molecule has 0 unspecified atom stereocenters. The summed E-state index contributed by atoms with van der Waals surface area (Å²) in [6.45, 7) is 0. The smallest absolute Gasteiger partial charge is 0.115 e. The fraction of sp³-hybridized carbons (Fsp3) is 0.455. The summed E-state index contributed by atoms with van der Waals surface area (Å²) in [6, 6.07) is 6.36. The van der Waals surface area contributed by atoms with Crippen LogP contribution in [0.25, 0.3) is 0 Å². The second kappa shape index (κ2) is 3.59. The molecule has 0 saturated heterocycles. The van der Waals surface area contributed by atoms with Crippen molar-refractivity contribution in [2.45, 2.75) is 25.0 Å². The standard InChI is InChI=1S/C11H15NO2/c12-10(11(14)8-1-2-8)7-3-5-9(13)6-4-7/h3-6,8,10-11,13-14H,1-2,12H2/t10-,11+/m1/s1. The first-order chi connectivity index (χ1) is 6.68. The maximum Gasteiger partial charge on any atom is 0.115 e. The number of aliphatic hydroxyl groups excluding tert-OH is 1. The second-order valence-corrected chi connectivity index (χ2v) is 3.95. The third kappa shape index (κ3) is 1.89. The van der Waals surface area contributed by atoms with Crippen molar-refractivity contribution < 1.29 is 10.2 Å². The topological polar surface area (TPSA) is 66.5 Å². The first-order valence-corrected chi connectivity index (χ1v) is 4.91. The van der Waals surface area contributed by atoms with E-state index in [2.05, 4.69) is 0 Å². The zero-order valence-corrected chi connectivity index (χ0v) is 7.93. The Morgan fingerprint density at radius 2 is 1.79 bits per heavy atom. The Labute approximate surface area is 83.2 Å². The van der Waals surface area contributed by atoms with Gasteiger partial charge in [-0.25, -0.2) is 0 Å². The van der Waals surface area contributed by atoms with Gasteiger partial charge in [-0.3, -0.25) is 0 Å². The largest absolute Gasteiger partial charge is 0.508 e. The summed E-state index contributed by atoms with van der Waals surface area (Å²) in [6.07, 6.45) is 1.71. The molecular formula is C11H15NO2. The van der Waals surface area contributed by atoms with Gasteiger partial charge in [0.2, 0.25) is 0 Å². The van der Waals surface area contributed by atoms with Crippen LogP contribution in [0.2, 0.25) is 0 Å². The van der Waals surface area contributed by atoms with E-state index in [1.807, 2.05) is 0 Å². The fourth-order valence-corrected chi connectivity index (χ4v) is 1.62. The molecule has 2 rings (SSSR count). The van der Waals surface area contributed by atoms with Crippen molar-refractivity contribution in [3.63, 3.8) is 0 Å². The molecular weight excluding hydrogens is 178 g/mol. The molecule has 0 heterocycles. The lowest BCUT2D eigenvalue weighted by molar-refractivity contribution is 0.122. The van der Waals surface area contributed by atoms with E-state index in [0.29, 0.717) is 5.92 Å².